The molecule has 98 valence electrons. The van der Waals surface area contributed by atoms with Crippen molar-refractivity contribution in [3.63, 3.8) is 0 Å². The lowest BCUT2D eigenvalue weighted by atomic mass is 10.2. The molecular weight excluding hydrogens is 314 g/mol. The number of pyridine rings is 1. The summed E-state index contributed by atoms with van der Waals surface area (Å²) in [7, 11) is 0. The highest BCUT2D eigenvalue weighted by molar-refractivity contribution is 9.10. The minimum atomic E-state index is -0.586. The first-order valence-corrected chi connectivity index (χ1v) is 6.11. The molecule has 19 heavy (non-hydrogen) atoms. The number of halogens is 1. The zero-order valence-corrected chi connectivity index (χ0v) is 11.5. The van der Waals surface area contributed by atoms with Gasteiger partial charge in [-0.15, -0.1) is 0 Å². The van der Waals surface area contributed by atoms with Crippen molar-refractivity contribution in [1.82, 2.24) is 4.98 Å². The average Bonchev–Trinajstić information content (AvgIpc) is 2.32. The topological polar surface area (TPSA) is 91.3 Å². The molecule has 6 nitrogen and oxygen atoms in total. The monoisotopic (exact) mass is 323 g/mol. The van der Waals surface area contributed by atoms with Crippen molar-refractivity contribution in [3.8, 4) is 11.6 Å². The van der Waals surface area contributed by atoms with E-state index in [0.29, 0.717) is 5.75 Å². The van der Waals surface area contributed by atoms with Gasteiger partial charge >= 0.3 is 5.69 Å². The number of aromatic nitrogens is 1. The zero-order chi connectivity index (χ0) is 14.0. The standard InChI is InChI=1S/C12H10BrN3O3/c1-7-6-8(13)2-4-10(7)19-11-5-3-9(16(17)18)12(14)15-11/h2-6H,1H3,(H2,14,15). The molecule has 2 N–H and O–H groups in total. The minimum Gasteiger partial charge on any atom is -0.439 e. The SMILES string of the molecule is Cc1cc(Br)ccc1Oc1ccc([N+](=O)[O-])c(N)n1. The van der Waals surface area contributed by atoms with Crippen LogP contribution in [0.1, 0.15) is 5.56 Å². The Morgan fingerprint density at radius 2 is 2.11 bits per heavy atom. The van der Waals surface area contributed by atoms with Gasteiger partial charge in [0, 0.05) is 16.6 Å². The van der Waals surface area contributed by atoms with E-state index in [1.807, 2.05) is 19.1 Å². The van der Waals surface area contributed by atoms with E-state index in [-0.39, 0.29) is 17.4 Å². The van der Waals surface area contributed by atoms with Crippen molar-refractivity contribution in [2.24, 2.45) is 0 Å². The summed E-state index contributed by atoms with van der Waals surface area (Å²) >= 11 is 3.35. The maximum absolute atomic E-state index is 10.6. The average molecular weight is 324 g/mol. The van der Waals surface area contributed by atoms with E-state index in [9.17, 15) is 10.1 Å². The fraction of sp³-hybridized carbons (Fsp3) is 0.0833. The molecule has 0 fully saturated rings. The van der Waals surface area contributed by atoms with Crippen LogP contribution in [0, 0.1) is 17.0 Å². The molecule has 0 spiro atoms. The summed E-state index contributed by atoms with van der Waals surface area (Å²) in [6, 6.07) is 8.18. The summed E-state index contributed by atoms with van der Waals surface area (Å²) in [5, 5.41) is 10.6. The van der Waals surface area contributed by atoms with Crippen LogP contribution in [0.3, 0.4) is 0 Å². The van der Waals surface area contributed by atoms with Crippen LogP contribution < -0.4 is 10.5 Å². The maximum atomic E-state index is 10.6. The molecule has 0 aliphatic heterocycles. The Bertz CT molecular complexity index is 646. The van der Waals surface area contributed by atoms with E-state index in [0.717, 1.165) is 10.0 Å². The molecule has 0 unspecified atom stereocenters. The molecule has 0 saturated heterocycles. The Labute approximate surface area is 117 Å². The molecule has 0 aliphatic carbocycles. The Balaban J connectivity index is 2.29. The number of hydrogen-bond acceptors (Lipinski definition) is 5. The summed E-state index contributed by atoms with van der Waals surface area (Å²) in [4.78, 5) is 13.9. The van der Waals surface area contributed by atoms with Crippen LogP contribution in [0.15, 0.2) is 34.8 Å². The summed E-state index contributed by atoms with van der Waals surface area (Å²) in [5.74, 6) is 0.662. The van der Waals surface area contributed by atoms with E-state index < -0.39 is 4.92 Å². The number of nitrogens with two attached hydrogens (primary N) is 1. The van der Waals surface area contributed by atoms with Gasteiger partial charge in [0.25, 0.3) is 0 Å². The van der Waals surface area contributed by atoms with Crippen LogP contribution in [0.5, 0.6) is 11.6 Å². The van der Waals surface area contributed by atoms with E-state index in [1.54, 1.807) is 6.07 Å². The normalized spacial score (nSPS) is 10.2. The van der Waals surface area contributed by atoms with Gasteiger partial charge in [-0.1, -0.05) is 15.9 Å². The predicted molar refractivity (Wildman–Crippen MR) is 74.3 cm³/mol. The molecule has 0 saturated carbocycles. The number of anilines is 1. The number of nitrogens with zero attached hydrogens (tertiary/aromatic N) is 2. The fourth-order valence-corrected chi connectivity index (χ4v) is 1.98. The zero-order valence-electron chi connectivity index (χ0n) is 9.96. The third kappa shape index (κ3) is 3.00. The summed E-state index contributed by atoms with van der Waals surface area (Å²) < 4.78 is 6.48. The highest BCUT2D eigenvalue weighted by Crippen LogP contribution is 2.29. The third-order valence-corrected chi connectivity index (χ3v) is 2.92. The molecule has 0 radical (unpaired) electrons. The Hall–Kier alpha value is -2.15. The lowest BCUT2D eigenvalue weighted by Crippen LogP contribution is -2.00. The van der Waals surface area contributed by atoms with Gasteiger partial charge in [0.15, 0.2) is 0 Å². The molecule has 1 aromatic carbocycles. The van der Waals surface area contributed by atoms with Crippen LogP contribution >= 0.6 is 15.9 Å². The molecule has 0 atom stereocenters. The summed E-state index contributed by atoms with van der Waals surface area (Å²) in [5.41, 5.74) is 6.17. The molecule has 1 aromatic heterocycles. The molecule has 0 bridgehead atoms. The van der Waals surface area contributed by atoms with Crippen LogP contribution in [0.4, 0.5) is 11.5 Å². The molecular formula is C12H10BrN3O3. The van der Waals surface area contributed by atoms with Crippen LogP contribution in [0.2, 0.25) is 0 Å². The molecule has 2 aromatic rings. The van der Waals surface area contributed by atoms with Crippen molar-refractivity contribution >= 4 is 27.4 Å². The number of nitro groups is 1. The van der Waals surface area contributed by atoms with Gasteiger partial charge in [-0.2, -0.15) is 4.98 Å². The quantitative estimate of drug-likeness (QED) is 0.690. The number of rotatable bonds is 3. The largest absolute Gasteiger partial charge is 0.439 e. The molecule has 7 heteroatoms. The smallest absolute Gasteiger partial charge is 0.311 e. The molecule has 2 rings (SSSR count). The van der Waals surface area contributed by atoms with Crippen LogP contribution in [-0.2, 0) is 0 Å². The number of nitrogen functional groups attached to an aromatic ring is 1. The van der Waals surface area contributed by atoms with E-state index in [2.05, 4.69) is 20.9 Å². The lowest BCUT2D eigenvalue weighted by molar-refractivity contribution is -0.384. The molecule has 0 amide bonds. The molecule has 1 heterocycles. The second kappa shape index (κ2) is 5.23. The number of benzene rings is 1. The highest BCUT2D eigenvalue weighted by Gasteiger charge is 2.14. The summed E-state index contributed by atoms with van der Waals surface area (Å²) in [6.45, 7) is 1.88. The van der Waals surface area contributed by atoms with E-state index in [1.165, 1.54) is 12.1 Å². The first-order valence-electron chi connectivity index (χ1n) is 5.32. The first-order chi connectivity index (χ1) is 8.97. The van der Waals surface area contributed by atoms with Crippen molar-refractivity contribution in [2.45, 2.75) is 6.92 Å². The van der Waals surface area contributed by atoms with Gasteiger partial charge in [-0.25, -0.2) is 0 Å². The predicted octanol–water partition coefficient (Wildman–Crippen LogP) is 3.44. The summed E-state index contributed by atoms with van der Waals surface area (Å²) in [6.07, 6.45) is 0. The second-order valence-electron chi connectivity index (χ2n) is 3.82. The third-order valence-electron chi connectivity index (χ3n) is 2.43. The minimum absolute atomic E-state index is 0.169. The molecule has 0 aliphatic rings. The van der Waals surface area contributed by atoms with Gasteiger partial charge < -0.3 is 10.5 Å². The van der Waals surface area contributed by atoms with Crippen LogP contribution in [-0.4, -0.2) is 9.91 Å². The van der Waals surface area contributed by atoms with Gasteiger partial charge in [0.2, 0.25) is 11.7 Å². The van der Waals surface area contributed by atoms with Crippen molar-refractivity contribution in [3.05, 3.63) is 50.5 Å². The first kappa shape index (κ1) is 13.3. The van der Waals surface area contributed by atoms with E-state index >= 15 is 0 Å². The highest BCUT2D eigenvalue weighted by atomic mass is 79.9. The van der Waals surface area contributed by atoms with Crippen molar-refractivity contribution in [2.75, 3.05) is 5.73 Å². The van der Waals surface area contributed by atoms with Crippen molar-refractivity contribution in [1.29, 1.82) is 0 Å². The number of ether oxygens (including phenoxy) is 1. The number of aryl methyl sites for hydroxylation is 1. The van der Waals surface area contributed by atoms with Crippen molar-refractivity contribution < 1.29 is 9.66 Å². The van der Waals surface area contributed by atoms with Crippen LogP contribution in [0.25, 0.3) is 0 Å². The lowest BCUT2D eigenvalue weighted by Gasteiger charge is -2.08. The number of hydrogen-bond donors (Lipinski definition) is 1. The van der Waals surface area contributed by atoms with Gasteiger partial charge in [0.05, 0.1) is 4.92 Å². The maximum Gasteiger partial charge on any atom is 0.311 e. The Morgan fingerprint density at radius 1 is 1.37 bits per heavy atom. The van der Waals surface area contributed by atoms with E-state index in [4.69, 9.17) is 10.5 Å². The Morgan fingerprint density at radius 3 is 2.68 bits per heavy atom. The van der Waals surface area contributed by atoms with Gasteiger partial charge in [-0.05, 0) is 30.7 Å². The Kier molecular flexibility index (Phi) is 3.66. The fourth-order valence-electron chi connectivity index (χ4n) is 1.50. The van der Waals surface area contributed by atoms with Gasteiger partial charge in [0.1, 0.15) is 5.75 Å². The second-order valence-corrected chi connectivity index (χ2v) is 4.74. The van der Waals surface area contributed by atoms with Gasteiger partial charge in [-0.3, -0.25) is 10.1 Å².